The van der Waals surface area contributed by atoms with Crippen LogP contribution in [0.2, 0.25) is 10.0 Å². The van der Waals surface area contributed by atoms with Gasteiger partial charge in [0.2, 0.25) is 0 Å². The topological polar surface area (TPSA) is 35.8 Å². The zero-order valence-electron chi connectivity index (χ0n) is 9.05. The first-order valence-corrected chi connectivity index (χ1v) is 6.57. The van der Waals surface area contributed by atoms with Crippen LogP contribution in [-0.4, -0.2) is 0 Å². The van der Waals surface area contributed by atoms with Crippen LogP contribution in [0.5, 0.6) is 0 Å². The van der Waals surface area contributed by atoms with Gasteiger partial charge < -0.3 is 5.32 Å². The van der Waals surface area contributed by atoms with Gasteiger partial charge in [0.25, 0.3) is 0 Å². The summed E-state index contributed by atoms with van der Waals surface area (Å²) in [5.41, 5.74) is 2.08. The normalized spacial score (nSPS) is 9.89. The second-order valence-electron chi connectivity index (χ2n) is 3.56. The predicted octanol–water partition coefficient (Wildman–Crippen LogP) is 5.37. The minimum absolute atomic E-state index is 0.417. The van der Waals surface area contributed by atoms with Gasteiger partial charge in [-0.05, 0) is 52.3 Å². The molecule has 90 valence electrons. The molecule has 18 heavy (non-hydrogen) atoms. The quantitative estimate of drug-likeness (QED) is 0.796. The molecule has 0 spiro atoms. The molecule has 0 aliphatic rings. The molecule has 0 amide bonds. The van der Waals surface area contributed by atoms with Crippen LogP contribution in [0.15, 0.2) is 40.9 Å². The Kier molecular flexibility index (Phi) is 4.13. The van der Waals surface area contributed by atoms with Gasteiger partial charge in [0.15, 0.2) is 0 Å². The van der Waals surface area contributed by atoms with Crippen molar-refractivity contribution in [1.29, 1.82) is 5.26 Å². The second kappa shape index (κ2) is 5.62. The fourth-order valence-corrected chi connectivity index (χ4v) is 2.17. The molecule has 0 aliphatic carbocycles. The van der Waals surface area contributed by atoms with Crippen molar-refractivity contribution in [3.63, 3.8) is 0 Å². The Morgan fingerprint density at radius 1 is 1.11 bits per heavy atom. The van der Waals surface area contributed by atoms with Crippen molar-refractivity contribution in [2.75, 3.05) is 5.32 Å². The average molecular weight is 342 g/mol. The first kappa shape index (κ1) is 13.2. The van der Waals surface area contributed by atoms with Gasteiger partial charge in [-0.1, -0.05) is 23.2 Å². The fraction of sp³-hybridized carbons (Fsp3) is 0. The third kappa shape index (κ3) is 2.97. The third-order valence-corrected chi connectivity index (χ3v) is 3.54. The molecule has 2 aromatic rings. The highest BCUT2D eigenvalue weighted by Crippen LogP contribution is 2.30. The lowest BCUT2D eigenvalue weighted by Gasteiger charge is -2.09. The van der Waals surface area contributed by atoms with Gasteiger partial charge in [0.05, 0.1) is 16.3 Å². The lowest BCUT2D eigenvalue weighted by molar-refractivity contribution is 1.47. The number of nitrogens with zero attached hydrogens (tertiary/aromatic N) is 1. The summed E-state index contributed by atoms with van der Waals surface area (Å²) in [5, 5.41) is 13.0. The van der Waals surface area contributed by atoms with Crippen LogP contribution < -0.4 is 5.32 Å². The number of nitriles is 1. The zero-order chi connectivity index (χ0) is 13.1. The minimum atomic E-state index is 0.417. The Hall–Kier alpha value is -1.21. The van der Waals surface area contributed by atoms with Gasteiger partial charge in [0.1, 0.15) is 6.07 Å². The fourth-order valence-electron chi connectivity index (χ4n) is 1.43. The molecular weight excluding hydrogens is 335 g/mol. The minimum Gasteiger partial charge on any atom is -0.355 e. The van der Waals surface area contributed by atoms with E-state index in [1.807, 2.05) is 12.1 Å². The summed E-state index contributed by atoms with van der Waals surface area (Å²) in [5.74, 6) is 0. The van der Waals surface area contributed by atoms with E-state index in [0.717, 1.165) is 15.8 Å². The summed E-state index contributed by atoms with van der Waals surface area (Å²) < 4.78 is 0.896. The van der Waals surface area contributed by atoms with E-state index >= 15 is 0 Å². The van der Waals surface area contributed by atoms with Crippen molar-refractivity contribution in [1.82, 2.24) is 0 Å². The smallest absolute Gasteiger partial charge is 0.101 e. The van der Waals surface area contributed by atoms with E-state index in [-0.39, 0.29) is 0 Å². The van der Waals surface area contributed by atoms with E-state index < -0.39 is 0 Å². The molecule has 0 heterocycles. The molecule has 0 bridgehead atoms. The molecular formula is C13H7BrCl2N2. The summed E-state index contributed by atoms with van der Waals surface area (Å²) in [6.07, 6.45) is 0. The summed E-state index contributed by atoms with van der Waals surface area (Å²) in [6, 6.07) is 12.6. The van der Waals surface area contributed by atoms with Crippen LogP contribution in [0, 0.1) is 11.3 Å². The monoisotopic (exact) mass is 340 g/mol. The summed E-state index contributed by atoms with van der Waals surface area (Å²) >= 11 is 15.3. The molecule has 1 N–H and O–H groups in total. The molecule has 0 fully saturated rings. The van der Waals surface area contributed by atoms with Crippen molar-refractivity contribution in [2.45, 2.75) is 0 Å². The average Bonchev–Trinajstić information content (AvgIpc) is 2.34. The second-order valence-corrected chi connectivity index (χ2v) is 5.25. The van der Waals surface area contributed by atoms with Gasteiger partial charge in [-0.3, -0.25) is 0 Å². The third-order valence-electron chi connectivity index (χ3n) is 2.30. The Bertz CT molecular complexity index is 635. The first-order chi connectivity index (χ1) is 8.60. The lowest BCUT2D eigenvalue weighted by Crippen LogP contribution is -1.92. The van der Waals surface area contributed by atoms with Gasteiger partial charge in [-0.25, -0.2) is 0 Å². The van der Waals surface area contributed by atoms with E-state index in [9.17, 15) is 0 Å². The Morgan fingerprint density at radius 2 is 1.89 bits per heavy atom. The predicted molar refractivity (Wildman–Crippen MR) is 78.6 cm³/mol. The highest BCUT2D eigenvalue weighted by molar-refractivity contribution is 9.10. The van der Waals surface area contributed by atoms with Gasteiger partial charge in [-0.2, -0.15) is 5.26 Å². The molecule has 0 unspecified atom stereocenters. The molecule has 2 aromatic carbocycles. The van der Waals surface area contributed by atoms with Gasteiger partial charge in [0, 0.05) is 15.2 Å². The van der Waals surface area contributed by atoms with Crippen molar-refractivity contribution >= 4 is 50.5 Å². The molecule has 0 radical (unpaired) electrons. The summed E-state index contributed by atoms with van der Waals surface area (Å²) in [6.45, 7) is 0. The van der Waals surface area contributed by atoms with E-state index in [2.05, 4.69) is 21.2 Å². The van der Waals surface area contributed by atoms with Crippen molar-refractivity contribution < 1.29 is 0 Å². The van der Waals surface area contributed by atoms with Crippen molar-refractivity contribution in [3.8, 4) is 6.07 Å². The Labute approximate surface area is 123 Å². The number of anilines is 2. The highest BCUT2D eigenvalue weighted by atomic mass is 79.9. The van der Waals surface area contributed by atoms with Gasteiger partial charge >= 0.3 is 0 Å². The van der Waals surface area contributed by atoms with Crippen LogP contribution in [0.4, 0.5) is 11.4 Å². The molecule has 0 aromatic heterocycles. The number of hydrogen-bond acceptors (Lipinski definition) is 2. The highest BCUT2D eigenvalue weighted by Gasteiger charge is 2.04. The van der Waals surface area contributed by atoms with Crippen LogP contribution in [0.1, 0.15) is 5.56 Å². The largest absolute Gasteiger partial charge is 0.355 e. The Morgan fingerprint density at radius 3 is 2.56 bits per heavy atom. The van der Waals surface area contributed by atoms with E-state index in [1.165, 1.54) is 0 Å². The summed E-state index contributed by atoms with van der Waals surface area (Å²) in [7, 11) is 0. The molecule has 2 rings (SSSR count). The van der Waals surface area contributed by atoms with Crippen molar-refractivity contribution in [3.05, 3.63) is 56.5 Å². The van der Waals surface area contributed by atoms with Crippen molar-refractivity contribution in [2.24, 2.45) is 0 Å². The first-order valence-electron chi connectivity index (χ1n) is 5.02. The number of benzene rings is 2. The zero-order valence-corrected chi connectivity index (χ0v) is 12.1. The molecule has 5 heteroatoms. The maximum atomic E-state index is 8.80. The number of hydrogen-bond donors (Lipinski definition) is 1. The van der Waals surface area contributed by atoms with Gasteiger partial charge in [-0.15, -0.1) is 0 Å². The van der Waals surface area contributed by atoms with E-state index in [0.29, 0.717) is 15.6 Å². The summed E-state index contributed by atoms with van der Waals surface area (Å²) in [4.78, 5) is 0. The van der Waals surface area contributed by atoms with E-state index in [4.69, 9.17) is 28.5 Å². The maximum Gasteiger partial charge on any atom is 0.101 e. The lowest BCUT2D eigenvalue weighted by atomic mass is 10.2. The molecule has 0 saturated carbocycles. The molecule has 0 aliphatic heterocycles. The molecule has 0 atom stereocenters. The van der Waals surface area contributed by atoms with E-state index in [1.54, 1.807) is 30.3 Å². The number of halogens is 3. The van der Waals surface area contributed by atoms with Crippen LogP contribution in [0.3, 0.4) is 0 Å². The standard InChI is InChI=1S/C13H7BrCl2N2/c14-11-4-2-9(15)5-13(11)18-10-3-1-8(7-17)12(16)6-10/h1-6,18H. The molecule has 2 nitrogen and oxygen atoms in total. The molecule has 0 saturated heterocycles. The van der Waals surface area contributed by atoms with Crippen LogP contribution in [0.25, 0.3) is 0 Å². The maximum absolute atomic E-state index is 8.80. The number of rotatable bonds is 2. The number of nitrogens with one attached hydrogen (secondary N) is 1. The SMILES string of the molecule is N#Cc1ccc(Nc2cc(Cl)ccc2Br)cc1Cl. The Balaban J connectivity index is 2.32. The van der Waals surface area contributed by atoms with Crippen LogP contribution in [-0.2, 0) is 0 Å². The van der Waals surface area contributed by atoms with Crippen LogP contribution >= 0.6 is 39.1 Å².